The van der Waals surface area contributed by atoms with Crippen LogP contribution in [0.3, 0.4) is 0 Å². The Morgan fingerprint density at radius 2 is 1.67 bits per heavy atom. The van der Waals surface area contributed by atoms with Crippen LogP contribution in [0.15, 0.2) is 24.3 Å². The lowest BCUT2D eigenvalue weighted by molar-refractivity contribution is 0.0646. The highest BCUT2D eigenvalue weighted by molar-refractivity contribution is 9.09. The van der Waals surface area contributed by atoms with Crippen LogP contribution < -0.4 is 0 Å². The molecule has 0 saturated carbocycles. The van der Waals surface area contributed by atoms with E-state index in [1.165, 1.54) is 4.90 Å². The quantitative estimate of drug-likeness (QED) is 0.619. The number of hydrogen-bond acceptors (Lipinski definition) is 2. The van der Waals surface area contributed by atoms with Crippen LogP contribution in [-0.4, -0.2) is 28.6 Å². The van der Waals surface area contributed by atoms with Crippen LogP contribution in [0.4, 0.5) is 0 Å². The van der Waals surface area contributed by atoms with Gasteiger partial charge in [0.15, 0.2) is 0 Å². The third kappa shape index (κ3) is 2.48. The molecule has 0 radical (unpaired) electrons. The molecule has 18 heavy (non-hydrogen) atoms. The molecule has 4 heteroatoms. The maximum atomic E-state index is 12.1. The van der Waals surface area contributed by atoms with E-state index in [-0.39, 0.29) is 11.8 Å². The highest BCUT2D eigenvalue weighted by Gasteiger charge is 2.34. The average molecular weight is 310 g/mol. The van der Waals surface area contributed by atoms with E-state index in [1.54, 1.807) is 24.3 Å². The molecule has 0 spiro atoms. The van der Waals surface area contributed by atoms with Crippen molar-refractivity contribution in [2.45, 2.75) is 19.8 Å². The molecule has 1 atom stereocenters. The van der Waals surface area contributed by atoms with Gasteiger partial charge in [0.1, 0.15) is 0 Å². The highest BCUT2D eigenvalue weighted by atomic mass is 79.9. The molecule has 0 N–H and O–H groups in total. The van der Waals surface area contributed by atoms with Crippen molar-refractivity contribution < 1.29 is 9.59 Å². The standard InChI is InChI=1S/C14H16BrNO2/c1-10(6-8-15)7-9-16-13(17)11-4-2-3-5-12(11)14(16)18/h2-5,10H,6-9H2,1H3/t10-/m1/s1. The summed E-state index contributed by atoms with van der Waals surface area (Å²) < 4.78 is 0. The minimum atomic E-state index is -0.151. The summed E-state index contributed by atoms with van der Waals surface area (Å²) in [6.45, 7) is 2.65. The van der Waals surface area contributed by atoms with E-state index in [2.05, 4.69) is 22.9 Å². The summed E-state index contributed by atoms with van der Waals surface area (Å²) in [6, 6.07) is 7.02. The minimum Gasteiger partial charge on any atom is -0.274 e. The van der Waals surface area contributed by atoms with Gasteiger partial charge in [0.05, 0.1) is 11.1 Å². The van der Waals surface area contributed by atoms with E-state index < -0.39 is 0 Å². The fourth-order valence-corrected chi connectivity index (χ4v) is 2.90. The fraction of sp³-hybridized carbons (Fsp3) is 0.429. The number of hydrogen-bond donors (Lipinski definition) is 0. The Kier molecular flexibility index (Phi) is 4.17. The Labute approximate surface area is 115 Å². The van der Waals surface area contributed by atoms with Crippen molar-refractivity contribution in [2.75, 3.05) is 11.9 Å². The molecule has 0 bridgehead atoms. The number of nitrogens with zero attached hydrogens (tertiary/aromatic N) is 1. The first-order valence-electron chi connectivity index (χ1n) is 6.16. The number of benzene rings is 1. The summed E-state index contributed by atoms with van der Waals surface area (Å²) in [6.07, 6.45) is 1.92. The molecule has 1 aliphatic heterocycles. The van der Waals surface area contributed by atoms with Gasteiger partial charge in [-0.3, -0.25) is 14.5 Å². The Balaban J connectivity index is 2.05. The van der Waals surface area contributed by atoms with Crippen molar-refractivity contribution in [2.24, 2.45) is 5.92 Å². The topological polar surface area (TPSA) is 37.4 Å². The summed E-state index contributed by atoms with van der Waals surface area (Å²) in [7, 11) is 0. The van der Waals surface area contributed by atoms with Crippen LogP contribution >= 0.6 is 15.9 Å². The first kappa shape index (κ1) is 13.3. The van der Waals surface area contributed by atoms with E-state index in [0.717, 1.165) is 18.2 Å². The van der Waals surface area contributed by atoms with Crippen molar-refractivity contribution >= 4 is 27.7 Å². The van der Waals surface area contributed by atoms with Crippen molar-refractivity contribution in [3.05, 3.63) is 35.4 Å². The van der Waals surface area contributed by atoms with Gasteiger partial charge in [-0.1, -0.05) is 35.0 Å². The second-order valence-electron chi connectivity index (χ2n) is 4.68. The highest BCUT2D eigenvalue weighted by Crippen LogP contribution is 2.23. The van der Waals surface area contributed by atoms with E-state index in [1.807, 2.05) is 0 Å². The predicted molar refractivity (Wildman–Crippen MR) is 74.0 cm³/mol. The number of amides is 2. The Bertz CT molecular complexity index is 438. The monoisotopic (exact) mass is 309 g/mol. The molecule has 2 rings (SSSR count). The second-order valence-corrected chi connectivity index (χ2v) is 5.47. The molecular formula is C14H16BrNO2. The number of carbonyl (C=O) groups is 2. The van der Waals surface area contributed by atoms with Gasteiger partial charge >= 0.3 is 0 Å². The van der Waals surface area contributed by atoms with Gasteiger partial charge < -0.3 is 0 Å². The smallest absolute Gasteiger partial charge is 0.261 e. The molecule has 2 amide bonds. The molecule has 1 aromatic rings. The lowest BCUT2D eigenvalue weighted by Gasteiger charge is -2.16. The second kappa shape index (κ2) is 5.65. The largest absolute Gasteiger partial charge is 0.274 e. The number of halogens is 1. The average Bonchev–Trinajstić information content (AvgIpc) is 2.61. The lowest BCUT2D eigenvalue weighted by atomic mass is 10.1. The summed E-state index contributed by atoms with van der Waals surface area (Å²) in [4.78, 5) is 25.5. The SMILES string of the molecule is C[C@H](CCBr)CCN1C(=O)c2ccccc2C1=O. The van der Waals surface area contributed by atoms with Crippen molar-refractivity contribution in [1.82, 2.24) is 4.90 Å². The number of alkyl halides is 1. The fourth-order valence-electron chi connectivity index (χ4n) is 2.12. The molecule has 0 fully saturated rings. The van der Waals surface area contributed by atoms with Crippen LogP contribution in [-0.2, 0) is 0 Å². The molecular weight excluding hydrogens is 294 g/mol. The normalized spacial score (nSPS) is 16.0. The van der Waals surface area contributed by atoms with Crippen molar-refractivity contribution in [3.63, 3.8) is 0 Å². The van der Waals surface area contributed by atoms with Crippen molar-refractivity contribution in [1.29, 1.82) is 0 Å². The number of fused-ring (bicyclic) bond motifs is 1. The van der Waals surface area contributed by atoms with Gasteiger partial charge in [0.2, 0.25) is 0 Å². The van der Waals surface area contributed by atoms with Crippen LogP contribution in [0.25, 0.3) is 0 Å². The molecule has 96 valence electrons. The van der Waals surface area contributed by atoms with Gasteiger partial charge in [-0.2, -0.15) is 0 Å². The van der Waals surface area contributed by atoms with E-state index in [4.69, 9.17) is 0 Å². The minimum absolute atomic E-state index is 0.151. The van der Waals surface area contributed by atoms with Crippen LogP contribution in [0.5, 0.6) is 0 Å². The maximum absolute atomic E-state index is 12.1. The molecule has 0 aliphatic carbocycles. The first-order chi connectivity index (χ1) is 8.65. The lowest BCUT2D eigenvalue weighted by Crippen LogP contribution is -2.31. The van der Waals surface area contributed by atoms with Gasteiger partial charge in [0, 0.05) is 11.9 Å². The van der Waals surface area contributed by atoms with Crippen LogP contribution in [0.2, 0.25) is 0 Å². The summed E-state index contributed by atoms with van der Waals surface area (Å²) in [5, 5.41) is 0.955. The predicted octanol–water partition coefficient (Wildman–Crippen LogP) is 3.09. The molecule has 0 saturated heterocycles. The summed E-state index contributed by atoms with van der Waals surface area (Å²) in [5.41, 5.74) is 1.08. The van der Waals surface area contributed by atoms with E-state index in [9.17, 15) is 9.59 Å². The Morgan fingerprint density at radius 3 is 2.17 bits per heavy atom. The summed E-state index contributed by atoms with van der Waals surface area (Å²) >= 11 is 3.40. The number of rotatable bonds is 5. The third-order valence-corrected chi connectivity index (χ3v) is 3.78. The third-order valence-electron chi connectivity index (χ3n) is 3.33. The molecule has 0 unspecified atom stereocenters. The van der Waals surface area contributed by atoms with Gasteiger partial charge in [-0.25, -0.2) is 0 Å². The van der Waals surface area contributed by atoms with Crippen LogP contribution in [0, 0.1) is 5.92 Å². The molecule has 1 aromatic carbocycles. The van der Waals surface area contributed by atoms with Crippen molar-refractivity contribution in [3.8, 4) is 0 Å². The zero-order valence-electron chi connectivity index (χ0n) is 10.4. The zero-order chi connectivity index (χ0) is 13.1. The first-order valence-corrected chi connectivity index (χ1v) is 7.28. The number of imide groups is 1. The Morgan fingerprint density at radius 1 is 1.11 bits per heavy atom. The molecule has 1 heterocycles. The molecule has 3 nitrogen and oxygen atoms in total. The summed E-state index contributed by atoms with van der Waals surface area (Å²) in [5.74, 6) is 0.206. The van der Waals surface area contributed by atoms with E-state index >= 15 is 0 Å². The maximum Gasteiger partial charge on any atom is 0.261 e. The Hall–Kier alpha value is -1.16. The number of carbonyl (C=O) groups excluding carboxylic acids is 2. The van der Waals surface area contributed by atoms with Crippen LogP contribution in [0.1, 0.15) is 40.5 Å². The van der Waals surface area contributed by atoms with E-state index in [0.29, 0.717) is 23.6 Å². The zero-order valence-corrected chi connectivity index (χ0v) is 11.9. The van der Waals surface area contributed by atoms with Gasteiger partial charge in [0.25, 0.3) is 11.8 Å². The molecule has 0 aromatic heterocycles. The van der Waals surface area contributed by atoms with Gasteiger partial charge in [-0.05, 0) is 30.9 Å². The molecule has 1 aliphatic rings. The van der Waals surface area contributed by atoms with Gasteiger partial charge in [-0.15, -0.1) is 0 Å².